The fourth-order valence-electron chi connectivity index (χ4n) is 1.65. The number of hydrogen-bond acceptors (Lipinski definition) is 5. The van der Waals surface area contributed by atoms with Gasteiger partial charge in [-0.15, -0.1) is 0 Å². The minimum atomic E-state index is -0.501. The maximum Gasteiger partial charge on any atom is 0.407 e. The van der Waals surface area contributed by atoms with E-state index < -0.39 is 11.7 Å². The van der Waals surface area contributed by atoms with Crippen LogP contribution in [0.25, 0.3) is 0 Å². The molecule has 0 saturated heterocycles. The lowest BCUT2D eigenvalue weighted by Crippen LogP contribution is -2.33. The second-order valence-corrected chi connectivity index (χ2v) is 5.65. The zero-order valence-corrected chi connectivity index (χ0v) is 13.2. The lowest BCUT2D eigenvalue weighted by atomic mass is 10.2. The van der Waals surface area contributed by atoms with Crippen molar-refractivity contribution >= 4 is 12.2 Å². The van der Waals surface area contributed by atoms with Crippen LogP contribution in [0.2, 0.25) is 0 Å². The molecule has 6 nitrogen and oxygen atoms in total. The van der Waals surface area contributed by atoms with Gasteiger partial charge in [0.15, 0.2) is 0 Å². The largest absolute Gasteiger partial charge is 0.493 e. The highest BCUT2D eigenvalue weighted by Crippen LogP contribution is 2.18. The number of alkyl carbamates (subject to hydrolysis) is 1. The zero-order valence-electron chi connectivity index (χ0n) is 13.2. The zero-order chi connectivity index (χ0) is 16.4. The van der Waals surface area contributed by atoms with Crippen molar-refractivity contribution in [3.63, 3.8) is 0 Å². The second-order valence-electron chi connectivity index (χ2n) is 5.65. The van der Waals surface area contributed by atoms with Crippen molar-refractivity contribution < 1.29 is 19.1 Å². The Labute approximate surface area is 130 Å². The van der Waals surface area contributed by atoms with Gasteiger partial charge in [-0.1, -0.05) is 18.2 Å². The number of rotatable bonds is 7. The van der Waals surface area contributed by atoms with Crippen molar-refractivity contribution in [3.05, 3.63) is 29.8 Å². The van der Waals surface area contributed by atoms with E-state index in [9.17, 15) is 9.59 Å². The van der Waals surface area contributed by atoms with Crippen LogP contribution >= 0.6 is 0 Å². The van der Waals surface area contributed by atoms with Crippen LogP contribution in [0.1, 0.15) is 32.8 Å². The first kappa shape index (κ1) is 17.7. The first-order valence-corrected chi connectivity index (χ1v) is 7.13. The first-order chi connectivity index (χ1) is 10.4. The molecule has 0 unspecified atom stereocenters. The van der Waals surface area contributed by atoms with Crippen molar-refractivity contribution in [2.24, 2.45) is 4.99 Å². The lowest BCUT2D eigenvalue weighted by molar-refractivity contribution is 0.0525. The number of isocyanates is 1. The van der Waals surface area contributed by atoms with Crippen LogP contribution in [0.3, 0.4) is 0 Å². The molecule has 0 spiro atoms. The second kappa shape index (κ2) is 8.85. The number of amides is 1. The Morgan fingerprint density at radius 1 is 1.32 bits per heavy atom. The van der Waals surface area contributed by atoms with Gasteiger partial charge in [0.05, 0.1) is 13.2 Å². The van der Waals surface area contributed by atoms with E-state index >= 15 is 0 Å². The van der Waals surface area contributed by atoms with Crippen molar-refractivity contribution in [1.29, 1.82) is 0 Å². The van der Waals surface area contributed by atoms with Crippen LogP contribution in [0.15, 0.2) is 29.3 Å². The summed E-state index contributed by atoms with van der Waals surface area (Å²) in [7, 11) is 0. The van der Waals surface area contributed by atoms with E-state index in [1.54, 1.807) is 0 Å². The molecule has 0 aliphatic rings. The van der Waals surface area contributed by atoms with Gasteiger partial charge in [-0.05, 0) is 33.3 Å². The molecule has 0 aliphatic heterocycles. The third kappa shape index (κ3) is 7.45. The Morgan fingerprint density at radius 3 is 2.73 bits per heavy atom. The average molecular weight is 306 g/mol. The van der Waals surface area contributed by atoms with E-state index in [1.807, 2.05) is 45.0 Å². The van der Waals surface area contributed by atoms with Crippen LogP contribution in [-0.4, -0.2) is 30.9 Å². The summed E-state index contributed by atoms with van der Waals surface area (Å²) >= 11 is 0. The summed E-state index contributed by atoms with van der Waals surface area (Å²) in [6, 6.07) is 7.36. The molecule has 1 amide bonds. The fourth-order valence-corrected chi connectivity index (χ4v) is 1.65. The van der Waals surface area contributed by atoms with E-state index in [2.05, 4.69) is 10.3 Å². The van der Waals surface area contributed by atoms with E-state index in [1.165, 1.54) is 6.08 Å². The predicted molar refractivity (Wildman–Crippen MR) is 82.6 cm³/mol. The van der Waals surface area contributed by atoms with Crippen LogP contribution in [0, 0.1) is 0 Å². The molecule has 0 aromatic heterocycles. The monoisotopic (exact) mass is 306 g/mol. The Hall–Kier alpha value is -2.33. The molecule has 0 atom stereocenters. The molecule has 6 heteroatoms. The number of para-hydroxylation sites is 1. The van der Waals surface area contributed by atoms with Gasteiger partial charge in [-0.3, -0.25) is 0 Å². The number of hydrogen-bond donors (Lipinski definition) is 1. The van der Waals surface area contributed by atoms with Gasteiger partial charge in [-0.2, -0.15) is 0 Å². The highest BCUT2D eigenvalue weighted by atomic mass is 16.6. The van der Waals surface area contributed by atoms with Crippen LogP contribution in [-0.2, 0) is 16.1 Å². The Bertz CT molecular complexity index is 531. The predicted octanol–water partition coefficient (Wildman–Crippen LogP) is 2.82. The molecule has 0 fully saturated rings. The highest BCUT2D eigenvalue weighted by Gasteiger charge is 2.15. The molecule has 0 saturated carbocycles. The topological polar surface area (TPSA) is 77.0 Å². The summed E-state index contributed by atoms with van der Waals surface area (Å²) in [5.41, 5.74) is 0.324. The normalized spacial score (nSPS) is 10.5. The van der Waals surface area contributed by atoms with Gasteiger partial charge in [0, 0.05) is 12.1 Å². The van der Waals surface area contributed by atoms with Crippen molar-refractivity contribution in [2.75, 3.05) is 13.2 Å². The summed E-state index contributed by atoms with van der Waals surface area (Å²) in [4.78, 5) is 25.2. The number of carbonyl (C=O) groups excluding carboxylic acids is 2. The highest BCUT2D eigenvalue weighted by molar-refractivity contribution is 5.67. The number of aliphatic imine (C=N–C) groups is 1. The smallest absolute Gasteiger partial charge is 0.407 e. The number of nitrogens with one attached hydrogen (secondary N) is 1. The standard InChI is InChI=1S/C16H22N2O4/c1-16(2,3)22-15(20)18-9-6-10-21-14-8-5-4-7-13(14)11-17-12-19/h4-5,7-8H,6,9-11H2,1-3H3,(H,18,20). The van der Waals surface area contributed by atoms with Crippen molar-refractivity contribution in [2.45, 2.75) is 39.3 Å². The quantitative estimate of drug-likeness (QED) is 0.477. The Balaban J connectivity index is 2.30. The van der Waals surface area contributed by atoms with Crippen molar-refractivity contribution in [3.8, 4) is 5.75 Å². The average Bonchev–Trinajstić information content (AvgIpc) is 2.44. The van der Waals surface area contributed by atoms with Crippen LogP contribution < -0.4 is 10.1 Å². The number of benzene rings is 1. The molecule has 1 aromatic carbocycles. The summed E-state index contributed by atoms with van der Waals surface area (Å²) in [6.07, 6.45) is 1.72. The minimum absolute atomic E-state index is 0.246. The molecular weight excluding hydrogens is 284 g/mol. The maximum absolute atomic E-state index is 11.4. The third-order valence-electron chi connectivity index (χ3n) is 2.53. The van der Waals surface area contributed by atoms with E-state index in [-0.39, 0.29) is 6.54 Å². The molecule has 22 heavy (non-hydrogen) atoms. The molecule has 0 radical (unpaired) electrons. The summed E-state index contributed by atoms with van der Waals surface area (Å²) in [5, 5.41) is 2.66. The van der Waals surface area contributed by atoms with Gasteiger partial charge >= 0.3 is 6.09 Å². The summed E-state index contributed by atoms with van der Waals surface area (Å²) in [6.45, 7) is 6.59. The van der Waals surface area contributed by atoms with E-state index in [0.717, 1.165) is 5.56 Å². The molecule has 1 N–H and O–H groups in total. The molecule has 0 heterocycles. The molecule has 0 aliphatic carbocycles. The minimum Gasteiger partial charge on any atom is -0.493 e. The Kier molecular flexibility index (Phi) is 7.13. The van der Waals surface area contributed by atoms with Crippen molar-refractivity contribution in [1.82, 2.24) is 5.32 Å². The number of nitrogens with zero attached hydrogens (tertiary/aromatic N) is 1. The molecule has 1 aromatic rings. The SMILES string of the molecule is CC(C)(C)OC(=O)NCCCOc1ccccc1CN=C=O. The summed E-state index contributed by atoms with van der Waals surface area (Å²) in [5.74, 6) is 0.679. The van der Waals surface area contributed by atoms with Crippen LogP contribution in [0.5, 0.6) is 5.75 Å². The van der Waals surface area contributed by atoms with E-state index in [4.69, 9.17) is 9.47 Å². The first-order valence-electron chi connectivity index (χ1n) is 7.13. The van der Waals surface area contributed by atoms with Crippen LogP contribution in [0.4, 0.5) is 4.79 Å². The molecule has 120 valence electrons. The van der Waals surface area contributed by atoms with Gasteiger partial charge in [0.25, 0.3) is 0 Å². The van der Waals surface area contributed by atoms with Gasteiger partial charge in [0.2, 0.25) is 6.08 Å². The number of carbonyl (C=O) groups is 1. The van der Waals surface area contributed by atoms with Gasteiger partial charge in [0.1, 0.15) is 11.4 Å². The summed E-state index contributed by atoms with van der Waals surface area (Å²) < 4.78 is 10.8. The van der Waals surface area contributed by atoms with Gasteiger partial charge in [-0.25, -0.2) is 14.6 Å². The van der Waals surface area contributed by atoms with E-state index in [0.29, 0.717) is 25.3 Å². The lowest BCUT2D eigenvalue weighted by Gasteiger charge is -2.19. The Morgan fingerprint density at radius 2 is 2.05 bits per heavy atom. The molecular formula is C16H22N2O4. The number of ether oxygens (including phenoxy) is 2. The third-order valence-corrected chi connectivity index (χ3v) is 2.53. The molecule has 0 bridgehead atoms. The molecule has 1 rings (SSSR count). The maximum atomic E-state index is 11.4. The van der Waals surface area contributed by atoms with Gasteiger partial charge < -0.3 is 14.8 Å². The fraction of sp³-hybridized carbons (Fsp3) is 0.500.